The highest BCUT2D eigenvalue weighted by Crippen LogP contribution is 2.19. The molecule has 3 rings (SSSR count). The second-order valence-electron chi connectivity index (χ2n) is 6.51. The van der Waals surface area contributed by atoms with E-state index in [-0.39, 0.29) is 5.91 Å². The maximum absolute atomic E-state index is 12.6. The van der Waals surface area contributed by atoms with E-state index in [1.165, 1.54) is 12.8 Å². The molecule has 3 heterocycles. The third kappa shape index (κ3) is 3.46. The van der Waals surface area contributed by atoms with Crippen molar-refractivity contribution in [3.05, 3.63) is 18.0 Å². The average Bonchev–Trinajstić information content (AvgIpc) is 2.91. The summed E-state index contributed by atoms with van der Waals surface area (Å²) in [6.45, 7) is 6.07. The topological polar surface area (TPSA) is 50.2 Å². The molecule has 5 heteroatoms. The first-order valence-electron chi connectivity index (χ1n) is 8.29. The van der Waals surface area contributed by atoms with Gasteiger partial charge >= 0.3 is 0 Å². The molecule has 1 N–H and O–H groups in total. The van der Waals surface area contributed by atoms with E-state index >= 15 is 0 Å². The minimum absolute atomic E-state index is 0.103. The highest BCUT2D eigenvalue weighted by Gasteiger charge is 2.23. The first-order chi connectivity index (χ1) is 10.2. The van der Waals surface area contributed by atoms with Gasteiger partial charge in [-0.1, -0.05) is 6.92 Å². The second-order valence-corrected chi connectivity index (χ2v) is 6.51. The number of hydrogen-bond donors (Lipinski definition) is 1. The summed E-state index contributed by atoms with van der Waals surface area (Å²) < 4.78 is 1.97. The van der Waals surface area contributed by atoms with Gasteiger partial charge in [0.2, 0.25) is 0 Å². The molecule has 1 aromatic heterocycles. The monoisotopic (exact) mass is 290 g/mol. The Kier molecular flexibility index (Phi) is 4.58. The molecule has 2 fully saturated rings. The molecule has 1 amide bonds. The van der Waals surface area contributed by atoms with Crippen molar-refractivity contribution < 1.29 is 4.79 Å². The van der Waals surface area contributed by atoms with Crippen LogP contribution in [0, 0.1) is 5.92 Å². The normalized spacial score (nSPS) is 27.4. The number of hydrogen-bond acceptors (Lipinski definition) is 3. The van der Waals surface area contributed by atoms with Gasteiger partial charge in [0.25, 0.3) is 5.91 Å². The number of carbonyl (C=O) groups excluding carboxylic acids is 1. The van der Waals surface area contributed by atoms with Crippen LogP contribution in [0.1, 0.15) is 55.6 Å². The molecule has 2 aliphatic heterocycles. The maximum atomic E-state index is 12.6. The third-order valence-electron chi connectivity index (χ3n) is 4.78. The summed E-state index contributed by atoms with van der Waals surface area (Å²) in [6, 6.07) is 2.27. The van der Waals surface area contributed by atoms with Gasteiger partial charge < -0.3 is 10.2 Å². The molecule has 0 spiro atoms. The fourth-order valence-corrected chi connectivity index (χ4v) is 3.34. The van der Waals surface area contributed by atoms with Gasteiger partial charge in [-0.05, 0) is 50.6 Å². The molecule has 0 aromatic carbocycles. The smallest absolute Gasteiger partial charge is 0.274 e. The van der Waals surface area contributed by atoms with Crippen molar-refractivity contribution in [2.24, 2.45) is 5.92 Å². The molecule has 2 atom stereocenters. The summed E-state index contributed by atoms with van der Waals surface area (Å²) in [5.74, 6) is 0.834. The van der Waals surface area contributed by atoms with Gasteiger partial charge in [0.05, 0.1) is 6.04 Å². The lowest BCUT2D eigenvalue weighted by atomic mass is 10.0. The summed E-state index contributed by atoms with van der Waals surface area (Å²) in [6.07, 6.45) is 7.73. The van der Waals surface area contributed by atoms with E-state index in [2.05, 4.69) is 17.3 Å². The van der Waals surface area contributed by atoms with Crippen molar-refractivity contribution in [2.45, 2.75) is 45.1 Å². The zero-order chi connectivity index (χ0) is 14.7. The zero-order valence-corrected chi connectivity index (χ0v) is 12.9. The van der Waals surface area contributed by atoms with Crippen LogP contribution in [0.3, 0.4) is 0 Å². The minimum atomic E-state index is 0.103. The lowest BCUT2D eigenvalue weighted by Crippen LogP contribution is -2.33. The summed E-state index contributed by atoms with van der Waals surface area (Å²) in [4.78, 5) is 14.6. The SMILES string of the molecule is CC1CCCN(C(=O)c2ccn(C3CCCNC3)n2)CC1. The van der Waals surface area contributed by atoms with Crippen molar-refractivity contribution in [2.75, 3.05) is 26.2 Å². The Morgan fingerprint density at radius 3 is 3.00 bits per heavy atom. The number of amides is 1. The van der Waals surface area contributed by atoms with E-state index in [0.29, 0.717) is 11.7 Å². The Balaban J connectivity index is 1.65. The molecule has 2 saturated heterocycles. The second kappa shape index (κ2) is 6.60. The molecule has 1 aromatic rings. The van der Waals surface area contributed by atoms with Crippen LogP contribution in [-0.2, 0) is 0 Å². The maximum Gasteiger partial charge on any atom is 0.274 e. The predicted molar refractivity (Wildman–Crippen MR) is 82.3 cm³/mol. The number of rotatable bonds is 2. The quantitative estimate of drug-likeness (QED) is 0.907. The van der Waals surface area contributed by atoms with Crippen LogP contribution in [0.15, 0.2) is 12.3 Å². The van der Waals surface area contributed by atoms with Crippen molar-refractivity contribution in [3.63, 3.8) is 0 Å². The number of carbonyl (C=O) groups is 1. The lowest BCUT2D eigenvalue weighted by Gasteiger charge is -2.23. The highest BCUT2D eigenvalue weighted by molar-refractivity contribution is 5.92. The molecule has 2 unspecified atom stereocenters. The van der Waals surface area contributed by atoms with Crippen LogP contribution in [0.2, 0.25) is 0 Å². The third-order valence-corrected chi connectivity index (χ3v) is 4.78. The summed E-state index contributed by atoms with van der Waals surface area (Å²) in [5, 5.41) is 7.94. The van der Waals surface area contributed by atoms with Crippen LogP contribution >= 0.6 is 0 Å². The molecule has 2 aliphatic rings. The molecular formula is C16H26N4O. The van der Waals surface area contributed by atoms with Gasteiger partial charge in [-0.2, -0.15) is 5.10 Å². The van der Waals surface area contributed by atoms with Crippen LogP contribution in [0.25, 0.3) is 0 Å². The number of aromatic nitrogens is 2. The number of nitrogens with one attached hydrogen (secondary N) is 1. The van der Waals surface area contributed by atoms with Crippen molar-refractivity contribution in [3.8, 4) is 0 Å². The van der Waals surface area contributed by atoms with E-state index in [1.54, 1.807) is 0 Å². The molecule has 0 bridgehead atoms. The Morgan fingerprint density at radius 2 is 2.19 bits per heavy atom. The molecular weight excluding hydrogens is 264 g/mol. The van der Waals surface area contributed by atoms with Crippen molar-refractivity contribution in [1.29, 1.82) is 0 Å². The fraction of sp³-hybridized carbons (Fsp3) is 0.750. The zero-order valence-electron chi connectivity index (χ0n) is 12.9. The number of piperidine rings is 1. The Bertz CT molecular complexity index is 478. The fourth-order valence-electron chi connectivity index (χ4n) is 3.34. The molecule has 5 nitrogen and oxygen atoms in total. The Labute approximate surface area is 126 Å². The van der Waals surface area contributed by atoms with Gasteiger partial charge in [-0.15, -0.1) is 0 Å². The van der Waals surface area contributed by atoms with E-state index in [9.17, 15) is 4.79 Å². The van der Waals surface area contributed by atoms with Gasteiger partial charge in [0, 0.05) is 25.8 Å². The van der Waals surface area contributed by atoms with Crippen molar-refractivity contribution >= 4 is 5.91 Å². The Morgan fingerprint density at radius 1 is 1.29 bits per heavy atom. The number of likely N-dealkylation sites (tertiary alicyclic amines) is 1. The first-order valence-corrected chi connectivity index (χ1v) is 8.29. The lowest BCUT2D eigenvalue weighted by molar-refractivity contribution is 0.0753. The van der Waals surface area contributed by atoms with E-state index in [1.807, 2.05) is 21.8 Å². The van der Waals surface area contributed by atoms with Gasteiger partial charge in [-0.25, -0.2) is 0 Å². The van der Waals surface area contributed by atoms with Crippen molar-refractivity contribution in [1.82, 2.24) is 20.0 Å². The first kappa shape index (κ1) is 14.6. The van der Waals surface area contributed by atoms with E-state index in [0.717, 1.165) is 51.4 Å². The van der Waals surface area contributed by atoms with E-state index < -0.39 is 0 Å². The average molecular weight is 290 g/mol. The van der Waals surface area contributed by atoms with Crippen LogP contribution in [0.4, 0.5) is 0 Å². The molecule has 0 radical (unpaired) electrons. The molecule has 0 aliphatic carbocycles. The van der Waals surface area contributed by atoms with Gasteiger partial charge in [-0.3, -0.25) is 9.48 Å². The van der Waals surface area contributed by atoms with Gasteiger partial charge in [0.1, 0.15) is 5.69 Å². The largest absolute Gasteiger partial charge is 0.337 e. The van der Waals surface area contributed by atoms with Crippen LogP contribution in [-0.4, -0.2) is 46.8 Å². The van der Waals surface area contributed by atoms with E-state index in [4.69, 9.17) is 0 Å². The standard InChI is InChI=1S/C16H26N4O/c1-13-4-3-9-19(10-6-13)16(21)15-7-11-20(18-15)14-5-2-8-17-12-14/h7,11,13-14,17H,2-6,8-10,12H2,1H3. The predicted octanol–water partition coefficient (Wildman–Crippen LogP) is 2.07. The van der Waals surface area contributed by atoms with Gasteiger partial charge in [0.15, 0.2) is 0 Å². The van der Waals surface area contributed by atoms with Crippen LogP contribution in [0.5, 0.6) is 0 Å². The minimum Gasteiger partial charge on any atom is -0.337 e. The highest BCUT2D eigenvalue weighted by atomic mass is 16.2. The summed E-state index contributed by atoms with van der Waals surface area (Å²) in [7, 11) is 0. The summed E-state index contributed by atoms with van der Waals surface area (Å²) >= 11 is 0. The number of nitrogens with zero attached hydrogens (tertiary/aromatic N) is 3. The molecule has 116 valence electrons. The Hall–Kier alpha value is -1.36. The molecule has 0 saturated carbocycles. The van der Waals surface area contributed by atoms with Crippen LogP contribution < -0.4 is 5.32 Å². The molecule has 21 heavy (non-hydrogen) atoms. The summed E-state index contributed by atoms with van der Waals surface area (Å²) in [5.41, 5.74) is 0.607.